The number of rotatable bonds is 5. The zero-order chi connectivity index (χ0) is 28.8. The molecule has 0 saturated heterocycles. The normalized spacial score (nSPS) is 8.62. The molecule has 0 radical (unpaired) electrons. The lowest BCUT2D eigenvalue weighted by Crippen LogP contribution is -2.03. The molecule has 0 bridgehead atoms. The fourth-order valence-corrected chi connectivity index (χ4v) is 2.32. The second-order valence-corrected chi connectivity index (χ2v) is 7.20. The first-order valence-corrected chi connectivity index (χ1v) is 10.9. The molecule has 0 saturated carbocycles. The van der Waals surface area contributed by atoms with Crippen LogP contribution >= 0.6 is 0 Å². The number of carbonyl (C=O) groups is 2. The van der Waals surface area contributed by atoms with Crippen molar-refractivity contribution in [3.05, 3.63) is 95.1 Å². The molecule has 0 fully saturated rings. The Hall–Kier alpha value is -4.86. The van der Waals surface area contributed by atoms with Gasteiger partial charge in [0.05, 0.1) is 20.8 Å². The maximum absolute atomic E-state index is 10.6. The van der Waals surface area contributed by atoms with E-state index in [0.29, 0.717) is 5.69 Å². The van der Waals surface area contributed by atoms with Gasteiger partial charge in [-0.25, -0.2) is 9.59 Å². The van der Waals surface area contributed by atoms with Gasteiger partial charge in [0.1, 0.15) is 13.2 Å². The van der Waals surface area contributed by atoms with Gasteiger partial charge in [-0.1, -0.05) is 61.5 Å². The number of anilines is 2. The summed E-state index contributed by atoms with van der Waals surface area (Å²) in [7, 11) is 2.56. The molecule has 11 heteroatoms. The van der Waals surface area contributed by atoms with E-state index in [-0.39, 0.29) is 33.4 Å². The molecule has 0 spiro atoms. The van der Waals surface area contributed by atoms with Crippen molar-refractivity contribution < 1.29 is 43.2 Å². The fraction of sp³-hybridized carbons (Fsp3) is 0.250. The molecule has 5 N–H and O–H groups in total. The van der Waals surface area contributed by atoms with Crippen LogP contribution in [0.3, 0.4) is 0 Å². The first-order chi connectivity index (χ1) is 18.2. The average molecular weight is 545 g/mol. The molecular weight excluding hydrogens is 508 g/mol. The molecule has 0 aliphatic rings. The summed E-state index contributed by atoms with van der Waals surface area (Å²) in [5, 5.41) is 8.59. The molecule has 0 aromatic heterocycles. The molecule has 0 amide bonds. The smallest absolute Gasteiger partial charge is 0.438 e. The van der Waals surface area contributed by atoms with Crippen molar-refractivity contribution in [1.29, 1.82) is 0 Å². The van der Waals surface area contributed by atoms with Crippen molar-refractivity contribution in [3.63, 3.8) is 0 Å². The Balaban J connectivity index is 0. The van der Waals surface area contributed by atoms with Gasteiger partial charge in [0.25, 0.3) is 0 Å². The molecule has 0 heterocycles. The summed E-state index contributed by atoms with van der Waals surface area (Å²) in [5.41, 5.74) is 16.2. The number of nitrogens with two attached hydrogens (primary N) is 2. The quantitative estimate of drug-likeness (QED) is 0.301. The number of ether oxygens (including phenoxy) is 4. The molecule has 0 atom stereocenters. The molecule has 11 nitrogen and oxygen atoms in total. The van der Waals surface area contributed by atoms with Crippen LogP contribution in [0.25, 0.3) is 0 Å². The summed E-state index contributed by atoms with van der Waals surface area (Å²) in [6.45, 7) is 2.55. The Kier molecular flexibility index (Phi) is 20.8. The predicted molar refractivity (Wildman–Crippen MR) is 145 cm³/mol. The van der Waals surface area contributed by atoms with E-state index in [9.17, 15) is 9.59 Å². The number of methoxy groups -OCH3 is 2. The second-order valence-electron chi connectivity index (χ2n) is 7.20. The Morgan fingerprint density at radius 1 is 0.692 bits per heavy atom. The molecule has 39 heavy (non-hydrogen) atoms. The number of hydrogen-bond donors (Lipinski definition) is 3. The van der Waals surface area contributed by atoms with Crippen molar-refractivity contribution in [2.75, 3.05) is 25.7 Å². The first kappa shape index (κ1) is 36.3. The van der Waals surface area contributed by atoms with Gasteiger partial charge in [0.15, 0.2) is 0 Å². The van der Waals surface area contributed by atoms with Crippen LogP contribution in [0.1, 0.15) is 29.7 Å². The van der Waals surface area contributed by atoms with E-state index in [0.717, 1.165) is 22.4 Å². The third-order valence-corrected chi connectivity index (χ3v) is 4.31. The van der Waals surface area contributed by atoms with Gasteiger partial charge in [-0.3, -0.25) is 0 Å². The fourth-order valence-electron chi connectivity index (χ4n) is 2.32. The van der Waals surface area contributed by atoms with Crippen LogP contribution < -0.4 is 11.5 Å². The Labute approximate surface area is 228 Å². The molecule has 0 unspecified atom stereocenters. The van der Waals surface area contributed by atoms with Crippen LogP contribution in [0, 0.1) is 6.92 Å². The van der Waals surface area contributed by atoms with Crippen molar-refractivity contribution >= 4 is 29.8 Å². The topological polar surface area (TPSA) is 177 Å². The largest absolute Gasteiger partial charge is 0.508 e. The van der Waals surface area contributed by atoms with Crippen molar-refractivity contribution in [2.24, 2.45) is 0 Å². The lowest BCUT2D eigenvalue weighted by molar-refractivity contribution is -0.191. The highest BCUT2D eigenvalue weighted by Crippen LogP contribution is 2.07. The Morgan fingerprint density at radius 2 is 1.00 bits per heavy atom. The molecule has 0 aliphatic heterocycles. The number of aliphatic hydroxyl groups excluding tert-OH is 1. The van der Waals surface area contributed by atoms with Gasteiger partial charge in [-0.2, -0.15) is 9.59 Å². The van der Waals surface area contributed by atoms with Crippen LogP contribution in [-0.2, 0) is 48.4 Å². The van der Waals surface area contributed by atoms with E-state index in [1.165, 1.54) is 19.8 Å². The number of aliphatic hydroxyl groups is 1. The second kappa shape index (κ2) is 22.3. The van der Waals surface area contributed by atoms with Gasteiger partial charge in [-0.15, -0.1) is 0 Å². The third-order valence-electron chi connectivity index (χ3n) is 4.31. The summed E-state index contributed by atoms with van der Waals surface area (Å²) >= 11 is 0. The summed E-state index contributed by atoms with van der Waals surface area (Å²) < 4.78 is 18.1. The molecular formula is C28H36N2O9. The van der Waals surface area contributed by atoms with Crippen LogP contribution in [0.2, 0.25) is 0 Å². The summed E-state index contributed by atoms with van der Waals surface area (Å²) in [6, 6.07) is 22.0. The van der Waals surface area contributed by atoms with Gasteiger partial charge >= 0.3 is 18.5 Å². The minimum absolute atomic E-state index is 0. The summed E-state index contributed by atoms with van der Waals surface area (Å²) in [6.07, 6.45) is -1.09. The van der Waals surface area contributed by atoms with E-state index < -0.39 is 12.3 Å². The molecule has 3 aromatic rings. The monoisotopic (exact) mass is 544 g/mol. The standard InChI is InChI=1S/C10H12O3.C9H11NO3.C7H9NO.CO2.CH4/c1-8-3-5-9(6-4-8)7-13-10(11)12-2;1-12-9(11)13-6-7-2-4-8(10)5-3-7;8-7-3-1-6(5-9)2-4-7;2-1-3;/h3-6H,7H2,1-2H3;2-5H,6,10H2,1H3;1-4,9H,5,8H2;;1H4. The molecule has 3 rings (SSSR count). The Bertz CT molecular complexity index is 1030. The molecule has 212 valence electrons. The zero-order valence-corrected chi connectivity index (χ0v) is 21.4. The minimum Gasteiger partial charge on any atom is -0.438 e. The maximum Gasteiger partial charge on any atom is 0.508 e. The number of aryl methyl sites for hydroxylation is 1. The third kappa shape index (κ3) is 19.0. The maximum atomic E-state index is 10.6. The van der Waals surface area contributed by atoms with E-state index in [2.05, 4.69) is 9.47 Å². The van der Waals surface area contributed by atoms with E-state index in [1.807, 2.05) is 31.2 Å². The first-order valence-electron chi connectivity index (χ1n) is 10.9. The highest BCUT2D eigenvalue weighted by Gasteiger charge is 2.01. The van der Waals surface area contributed by atoms with Gasteiger partial charge in [-0.05, 0) is 47.9 Å². The zero-order valence-electron chi connectivity index (χ0n) is 21.4. The number of nitrogen functional groups attached to an aromatic ring is 2. The average Bonchev–Trinajstić information content (AvgIpc) is 2.93. The van der Waals surface area contributed by atoms with Crippen LogP contribution in [0.15, 0.2) is 72.8 Å². The lowest BCUT2D eigenvalue weighted by atomic mass is 10.2. The predicted octanol–water partition coefficient (Wildman–Crippen LogP) is 4.64. The number of carbonyl (C=O) groups excluding carboxylic acids is 4. The van der Waals surface area contributed by atoms with E-state index >= 15 is 0 Å². The van der Waals surface area contributed by atoms with E-state index in [4.69, 9.17) is 35.6 Å². The Morgan fingerprint density at radius 3 is 1.31 bits per heavy atom. The minimum atomic E-state index is -0.683. The van der Waals surface area contributed by atoms with Crippen LogP contribution in [-0.4, -0.2) is 37.8 Å². The van der Waals surface area contributed by atoms with Gasteiger partial charge in [0.2, 0.25) is 0 Å². The van der Waals surface area contributed by atoms with Crippen molar-refractivity contribution in [3.8, 4) is 0 Å². The summed E-state index contributed by atoms with van der Waals surface area (Å²) in [4.78, 5) is 37.4. The highest BCUT2D eigenvalue weighted by atomic mass is 16.7. The lowest BCUT2D eigenvalue weighted by Gasteiger charge is -2.02. The summed E-state index contributed by atoms with van der Waals surface area (Å²) in [5.74, 6) is 0. The van der Waals surface area contributed by atoms with E-state index in [1.54, 1.807) is 48.5 Å². The van der Waals surface area contributed by atoms with Crippen LogP contribution in [0.5, 0.6) is 0 Å². The van der Waals surface area contributed by atoms with Gasteiger partial charge in [0, 0.05) is 11.4 Å². The molecule has 3 aromatic carbocycles. The number of hydrogen-bond acceptors (Lipinski definition) is 11. The van der Waals surface area contributed by atoms with Crippen LogP contribution in [0.4, 0.5) is 21.0 Å². The van der Waals surface area contributed by atoms with Crippen molar-refractivity contribution in [1.82, 2.24) is 0 Å². The molecule has 0 aliphatic carbocycles. The highest BCUT2D eigenvalue weighted by molar-refractivity contribution is 5.60. The van der Waals surface area contributed by atoms with Crippen molar-refractivity contribution in [2.45, 2.75) is 34.2 Å². The number of benzene rings is 3. The van der Waals surface area contributed by atoms with Gasteiger partial charge < -0.3 is 35.5 Å². The SMILES string of the molecule is C.COC(=O)OCc1ccc(C)cc1.COC(=O)OCc1ccc(N)cc1.Nc1ccc(CO)cc1.O=C=O.